The van der Waals surface area contributed by atoms with Crippen LogP contribution in [0.15, 0.2) is 17.8 Å². The number of nitrogens with two attached hydrogens (primary N) is 1. The molecule has 7 nitrogen and oxygen atoms in total. The van der Waals surface area contributed by atoms with Gasteiger partial charge in [-0.25, -0.2) is 9.97 Å². The fourth-order valence-electron chi connectivity index (χ4n) is 1.44. The lowest BCUT2D eigenvalue weighted by atomic mass is 10.2. The van der Waals surface area contributed by atoms with Gasteiger partial charge in [0.2, 0.25) is 5.95 Å². The molecule has 0 aromatic carbocycles. The average molecular weight is 264 g/mol. The van der Waals surface area contributed by atoms with Crippen LogP contribution < -0.4 is 11.1 Å². The van der Waals surface area contributed by atoms with E-state index in [1.54, 1.807) is 0 Å². The topological polar surface area (TPSA) is 118 Å². The number of hydrogen-bond donors (Lipinski definition) is 3. The van der Waals surface area contributed by atoms with Crippen LogP contribution in [0.25, 0.3) is 0 Å². The Morgan fingerprint density at radius 1 is 1.58 bits per heavy atom. The van der Waals surface area contributed by atoms with E-state index >= 15 is 0 Å². The molecule has 1 heterocycles. The third-order valence-corrected chi connectivity index (χ3v) is 2.47. The van der Waals surface area contributed by atoms with Gasteiger partial charge in [-0.15, -0.1) is 0 Å². The number of nitrogens with one attached hydrogen (secondary N) is 1. The van der Waals surface area contributed by atoms with Crippen molar-refractivity contribution in [2.75, 3.05) is 11.9 Å². The number of hydrogen-bond acceptors (Lipinski definition) is 6. The highest BCUT2D eigenvalue weighted by molar-refractivity contribution is 6.05. The second-order valence-electron chi connectivity index (χ2n) is 3.66. The van der Waals surface area contributed by atoms with Crippen molar-refractivity contribution in [1.29, 1.82) is 0 Å². The van der Waals surface area contributed by atoms with E-state index in [0.717, 1.165) is 6.08 Å². The summed E-state index contributed by atoms with van der Waals surface area (Å²) in [6.07, 6.45) is 3.65. The Kier molecular flexibility index (Phi) is 5.77. The van der Waals surface area contributed by atoms with Crippen LogP contribution in [0.4, 0.5) is 5.95 Å². The van der Waals surface area contributed by atoms with Gasteiger partial charge in [0, 0.05) is 23.9 Å². The van der Waals surface area contributed by atoms with Crippen LogP contribution in [-0.4, -0.2) is 33.8 Å². The molecule has 0 saturated carbocycles. The fraction of sp³-hybridized carbons (Fsp3) is 0.333. The van der Waals surface area contributed by atoms with E-state index in [9.17, 15) is 9.59 Å². The number of aromatic nitrogens is 2. The molecule has 4 N–H and O–H groups in total. The number of allylic oxidation sites excluding steroid dienone is 1. The van der Waals surface area contributed by atoms with Gasteiger partial charge in [0.15, 0.2) is 0 Å². The Morgan fingerprint density at radius 2 is 2.32 bits per heavy atom. The second-order valence-corrected chi connectivity index (χ2v) is 3.66. The van der Waals surface area contributed by atoms with E-state index in [4.69, 9.17) is 10.8 Å². The Morgan fingerprint density at radius 3 is 2.84 bits per heavy atom. The molecule has 0 unspecified atom stereocenters. The molecule has 0 aliphatic heterocycles. The molecule has 0 saturated heterocycles. The standard InChI is InChI=1S/C12H16N4O3/c1-2-10-9(7-18)6-14-12(15-10)16-11(19)8(5-13)3-4-17/h3-4,6,18H,2,5,7,13H2,1H3,(H,14,15,16,19)/b8-3-. The van der Waals surface area contributed by atoms with Gasteiger partial charge in [0.1, 0.15) is 6.29 Å². The van der Waals surface area contributed by atoms with Crippen molar-refractivity contribution >= 4 is 18.1 Å². The highest BCUT2D eigenvalue weighted by Crippen LogP contribution is 2.09. The normalized spacial score (nSPS) is 11.2. The summed E-state index contributed by atoms with van der Waals surface area (Å²) in [6, 6.07) is 0. The molecule has 19 heavy (non-hydrogen) atoms. The van der Waals surface area contributed by atoms with Crippen LogP contribution >= 0.6 is 0 Å². The Bertz CT molecular complexity index is 500. The molecule has 0 spiro atoms. The zero-order chi connectivity index (χ0) is 14.3. The van der Waals surface area contributed by atoms with Crippen LogP contribution in [0.2, 0.25) is 0 Å². The van der Waals surface area contributed by atoms with Crippen LogP contribution in [0.1, 0.15) is 18.2 Å². The van der Waals surface area contributed by atoms with Crippen molar-refractivity contribution < 1.29 is 14.7 Å². The Balaban J connectivity index is 2.91. The largest absolute Gasteiger partial charge is 0.392 e. The summed E-state index contributed by atoms with van der Waals surface area (Å²) < 4.78 is 0. The molecule has 1 rings (SSSR count). The lowest BCUT2D eigenvalue weighted by molar-refractivity contribution is -0.113. The number of aliphatic hydroxyl groups is 1. The predicted octanol–water partition coefficient (Wildman–Crippen LogP) is -0.446. The van der Waals surface area contributed by atoms with Crippen LogP contribution in [-0.2, 0) is 22.6 Å². The minimum Gasteiger partial charge on any atom is -0.392 e. The van der Waals surface area contributed by atoms with E-state index in [-0.39, 0.29) is 24.7 Å². The summed E-state index contributed by atoms with van der Waals surface area (Å²) in [7, 11) is 0. The molecule has 1 aromatic rings. The molecule has 0 bridgehead atoms. The van der Waals surface area contributed by atoms with E-state index in [2.05, 4.69) is 15.3 Å². The summed E-state index contributed by atoms with van der Waals surface area (Å²) >= 11 is 0. The third-order valence-electron chi connectivity index (χ3n) is 2.47. The summed E-state index contributed by atoms with van der Waals surface area (Å²) in [5.74, 6) is -0.405. The first-order valence-corrected chi connectivity index (χ1v) is 5.77. The molecule has 0 fully saturated rings. The van der Waals surface area contributed by atoms with Gasteiger partial charge in [-0.2, -0.15) is 0 Å². The van der Waals surface area contributed by atoms with Crippen molar-refractivity contribution in [2.24, 2.45) is 5.73 Å². The number of carbonyl (C=O) groups excluding carboxylic acids is 2. The Labute approximate surface area is 110 Å². The highest BCUT2D eigenvalue weighted by atomic mass is 16.3. The maximum absolute atomic E-state index is 11.7. The van der Waals surface area contributed by atoms with Crippen molar-refractivity contribution in [2.45, 2.75) is 20.0 Å². The van der Waals surface area contributed by atoms with Crippen molar-refractivity contribution in [1.82, 2.24) is 9.97 Å². The smallest absolute Gasteiger partial charge is 0.255 e. The van der Waals surface area contributed by atoms with Gasteiger partial charge in [0.25, 0.3) is 5.91 Å². The molecule has 102 valence electrons. The van der Waals surface area contributed by atoms with Gasteiger partial charge in [-0.1, -0.05) is 6.92 Å². The lowest BCUT2D eigenvalue weighted by Gasteiger charge is -2.08. The third kappa shape index (κ3) is 3.94. The van der Waals surface area contributed by atoms with Crippen LogP contribution in [0.3, 0.4) is 0 Å². The number of aliphatic hydroxyl groups excluding tert-OH is 1. The first-order chi connectivity index (χ1) is 9.15. The molecule has 0 aliphatic carbocycles. The molecule has 1 amide bonds. The van der Waals surface area contributed by atoms with Crippen LogP contribution in [0.5, 0.6) is 0 Å². The Hall–Kier alpha value is -2.12. The molecule has 7 heteroatoms. The first-order valence-electron chi connectivity index (χ1n) is 5.77. The molecule has 0 aliphatic rings. The van der Waals surface area contributed by atoms with Gasteiger partial charge in [0.05, 0.1) is 12.3 Å². The first kappa shape index (κ1) is 14.9. The number of nitrogens with zero attached hydrogens (tertiary/aromatic N) is 2. The summed E-state index contributed by atoms with van der Waals surface area (Å²) in [4.78, 5) is 30.1. The quantitative estimate of drug-likeness (QED) is 0.473. The number of carbonyl (C=O) groups is 2. The number of aryl methyl sites for hydroxylation is 1. The van der Waals surface area contributed by atoms with E-state index < -0.39 is 5.91 Å². The minimum absolute atomic E-state index is 0.0556. The van der Waals surface area contributed by atoms with Gasteiger partial charge >= 0.3 is 0 Å². The monoisotopic (exact) mass is 264 g/mol. The predicted molar refractivity (Wildman–Crippen MR) is 69.2 cm³/mol. The van der Waals surface area contributed by atoms with Gasteiger partial charge < -0.3 is 10.8 Å². The maximum atomic E-state index is 11.7. The zero-order valence-corrected chi connectivity index (χ0v) is 10.6. The summed E-state index contributed by atoms with van der Waals surface area (Å²) in [5.41, 5.74) is 6.76. The highest BCUT2D eigenvalue weighted by Gasteiger charge is 2.11. The molecule has 0 atom stereocenters. The second kappa shape index (κ2) is 7.34. The van der Waals surface area contributed by atoms with E-state index in [1.807, 2.05) is 6.92 Å². The SMILES string of the molecule is CCc1nc(NC(=O)/C(=C\C=O)CN)ncc1CO. The number of rotatable bonds is 6. The molecule has 0 radical (unpaired) electrons. The number of amides is 1. The maximum Gasteiger partial charge on any atom is 0.255 e. The molecular weight excluding hydrogens is 248 g/mol. The number of aldehydes is 1. The van der Waals surface area contributed by atoms with Crippen molar-refractivity contribution in [3.8, 4) is 0 Å². The van der Waals surface area contributed by atoms with Gasteiger partial charge in [-0.05, 0) is 12.5 Å². The van der Waals surface area contributed by atoms with Crippen molar-refractivity contribution in [3.05, 3.63) is 29.1 Å². The van der Waals surface area contributed by atoms with E-state index in [0.29, 0.717) is 24.0 Å². The van der Waals surface area contributed by atoms with Gasteiger partial charge in [-0.3, -0.25) is 14.9 Å². The van der Waals surface area contributed by atoms with Crippen LogP contribution in [0, 0.1) is 0 Å². The van der Waals surface area contributed by atoms with Crippen molar-refractivity contribution in [3.63, 3.8) is 0 Å². The minimum atomic E-state index is -0.520. The zero-order valence-electron chi connectivity index (χ0n) is 10.6. The fourth-order valence-corrected chi connectivity index (χ4v) is 1.44. The summed E-state index contributed by atoms with van der Waals surface area (Å²) in [5, 5.41) is 11.5. The number of anilines is 1. The molecular formula is C12H16N4O3. The molecule has 1 aromatic heterocycles. The van der Waals surface area contributed by atoms with E-state index in [1.165, 1.54) is 6.20 Å². The lowest BCUT2D eigenvalue weighted by Crippen LogP contribution is -2.22. The summed E-state index contributed by atoms with van der Waals surface area (Å²) in [6.45, 7) is 1.67. The average Bonchev–Trinajstić information content (AvgIpc) is 2.44.